The molecule has 0 aliphatic heterocycles. The van der Waals surface area contributed by atoms with Crippen molar-refractivity contribution in [2.45, 2.75) is 0 Å². The van der Waals surface area contributed by atoms with Gasteiger partial charge in [0.1, 0.15) is 11.2 Å². The number of hydrogen-bond acceptors (Lipinski definition) is 4. The van der Waals surface area contributed by atoms with Gasteiger partial charge in [-0.15, -0.1) is 0 Å². The van der Waals surface area contributed by atoms with Crippen LogP contribution in [0.1, 0.15) is 0 Å². The second-order valence-electron chi connectivity index (χ2n) is 15.6. The normalized spacial score (nSPS) is 11.5. The Bertz CT molecular complexity index is 3540. The molecule has 12 rings (SSSR count). The Morgan fingerprint density at radius 2 is 0.742 bits per heavy atom. The van der Waals surface area contributed by atoms with Crippen LogP contribution in [0.4, 0.5) is 0 Å². The predicted molar refractivity (Wildman–Crippen MR) is 254 cm³/mol. The van der Waals surface area contributed by atoms with Crippen molar-refractivity contribution >= 4 is 43.7 Å². The van der Waals surface area contributed by atoms with Crippen LogP contribution in [0.25, 0.3) is 117 Å². The molecule has 0 fully saturated rings. The maximum absolute atomic E-state index is 6.53. The minimum atomic E-state index is 0.595. The zero-order chi connectivity index (χ0) is 41.0. The van der Waals surface area contributed by atoms with Gasteiger partial charge in [-0.05, 0) is 88.0 Å². The molecule has 62 heavy (non-hydrogen) atoms. The third kappa shape index (κ3) is 6.14. The monoisotopic (exact) mass is 792 g/mol. The van der Waals surface area contributed by atoms with E-state index in [-0.39, 0.29) is 0 Å². The van der Waals surface area contributed by atoms with Crippen LogP contribution < -0.4 is 0 Å². The lowest BCUT2D eigenvalue weighted by atomic mass is 9.97. The second kappa shape index (κ2) is 14.7. The average Bonchev–Trinajstić information content (AvgIpc) is 3.90. The van der Waals surface area contributed by atoms with Crippen LogP contribution in [0.15, 0.2) is 223 Å². The SMILES string of the molecule is c1ccc(-c2ccc(-c3ccc4c(c3)c3cc(-c5ccc6oc7cccc(-c8nc(-c9ccccc9)nc(-c9ccccc9)n8)c7c6c5)ccc3n4-c3ccccc3)cc2)cc1. The Kier molecular flexibility index (Phi) is 8.42. The molecule has 0 saturated carbocycles. The van der Waals surface area contributed by atoms with Gasteiger partial charge in [-0.3, -0.25) is 0 Å². The number of nitrogens with zero attached hydrogens (tertiary/aromatic N) is 4. The molecule has 0 saturated heterocycles. The summed E-state index contributed by atoms with van der Waals surface area (Å²) >= 11 is 0. The van der Waals surface area contributed by atoms with E-state index < -0.39 is 0 Å². The number of para-hydroxylation sites is 1. The minimum Gasteiger partial charge on any atom is -0.456 e. The van der Waals surface area contributed by atoms with Crippen molar-refractivity contribution in [3.63, 3.8) is 0 Å². The highest BCUT2D eigenvalue weighted by atomic mass is 16.3. The molecule has 290 valence electrons. The number of rotatable bonds is 7. The average molecular weight is 793 g/mol. The number of aromatic nitrogens is 4. The van der Waals surface area contributed by atoms with E-state index in [0.29, 0.717) is 17.5 Å². The maximum Gasteiger partial charge on any atom is 0.164 e. The Balaban J connectivity index is 1.01. The van der Waals surface area contributed by atoms with Crippen molar-refractivity contribution in [2.24, 2.45) is 0 Å². The van der Waals surface area contributed by atoms with Crippen LogP contribution in [0.3, 0.4) is 0 Å². The first-order valence-corrected chi connectivity index (χ1v) is 20.8. The highest BCUT2D eigenvalue weighted by molar-refractivity contribution is 6.14. The highest BCUT2D eigenvalue weighted by Crippen LogP contribution is 2.41. The summed E-state index contributed by atoms with van der Waals surface area (Å²) in [4.78, 5) is 15.1. The number of fused-ring (bicyclic) bond motifs is 6. The predicted octanol–water partition coefficient (Wildman–Crippen LogP) is 14.9. The molecule has 3 aromatic heterocycles. The molecule has 0 atom stereocenters. The summed E-state index contributed by atoms with van der Waals surface area (Å²) in [6.07, 6.45) is 0. The van der Waals surface area contributed by atoms with Gasteiger partial charge in [0.15, 0.2) is 17.5 Å². The van der Waals surface area contributed by atoms with Crippen LogP contribution in [0.5, 0.6) is 0 Å². The fraction of sp³-hybridized carbons (Fsp3) is 0. The smallest absolute Gasteiger partial charge is 0.164 e. The first kappa shape index (κ1) is 35.5. The molecule has 0 radical (unpaired) electrons. The van der Waals surface area contributed by atoms with Gasteiger partial charge in [-0.2, -0.15) is 0 Å². The summed E-state index contributed by atoms with van der Waals surface area (Å²) in [5.41, 5.74) is 14.8. The van der Waals surface area contributed by atoms with E-state index in [4.69, 9.17) is 19.4 Å². The van der Waals surface area contributed by atoms with Crippen molar-refractivity contribution in [3.05, 3.63) is 218 Å². The van der Waals surface area contributed by atoms with E-state index in [9.17, 15) is 0 Å². The largest absolute Gasteiger partial charge is 0.456 e. The fourth-order valence-electron chi connectivity index (χ4n) is 8.85. The maximum atomic E-state index is 6.53. The van der Waals surface area contributed by atoms with Gasteiger partial charge in [0.25, 0.3) is 0 Å². The molecule has 0 spiro atoms. The van der Waals surface area contributed by atoms with E-state index >= 15 is 0 Å². The lowest BCUT2D eigenvalue weighted by molar-refractivity contribution is 0.669. The Morgan fingerprint density at radius 3 is 1.32 bits per heavy atom. The first-order chi connectivity index (χ1) is 30.7. The summed E-state index contributed by atoms with van der Waals surface area (Å²) in [6, 6.07) is 76.5. The van der Waals surface area contributed by atoms with Gasteiger partial charge in [0.05, 0.1) is 11.0 Å². The summed E-state index contributed by atoms with van der Waals surface area (Å²) in [5, 5.41) is 4.36. The molecule has 3 heterocycles. The molecular weight excluding hydrogens is 757 g/mol. The first-order valence-electron chi connectivity index (χ1n) is 20.8. The Labute approximate surface area is 357 Å². The lowest BCUT2D eigenvalue weighted by Crippen LogP contribution is -2.00. The number of furan rings is 1. The van der Waals surface area contributed by atoms with Crippen LogP contribution in [0, 0.1) is 0 Å². The Morgan fingerprint density at radius 1 is 0.306 bits per heavy atom. The quantitative estimate of drug-likeness (QED) is 0.161. The van der Waals surface area contributed by atoms with Crippen LogP contribution >= 0.6 is 0 Å². The molecule has 0 unspecified atom stereocenters. The van der Waals surface area contributed by atoms with Crippen molar-refractivity contribution < 1.29 is 4.42 Å². The van der Waals surface area contributed by atoms with E-state index in [1.807, 2.05) is 72.8 Å². The van der Waals surface area contributed by atoms with E-state index in [0.717, 1.165) is 66.5 Å². The van der Waals surface area contributed by atoms with Crippen molar-refractivity contribution in [1.29, 1.82) is 0 Å². The van der Waals surface area contributed by atoms with Crippen LogP contribution in [-0.2, 0) is 0 Å². The zero-order valence-electron chi connectivity index (χ0n) is 33.5. The molecule has 9 aromatic carbocycles. The van der Waals surface area contributed by atoms with Gasteiger partial charge < -0.3 is 8.98 Å². The topological polar surface area (TPSA) is 56.7 Å². The van der Waals surface area contributed by atoms with Gasteiger partial charge in [0, 0.05) is 43.9 Å². The van der Waals surface area contributed by atoms with Gasteiger partial charge in [0.2, 0.25) is 0 Å². The molecule has 0 aliphatic rings. The van der Waals surface area contributed by atoms with Crippen LogP contribution in [-0.4, -0.2) is 19.5 Å². The molecule has 0 aliphatic carbocycles. The fourth-order valence-corrected chi connectivity index (χ4v) is 8.85. The number of hydrogen-bond donors (Lipinski definition) is 0. The third-order valence-corrected chi connectivity index (χ3v) is 11.9. The Hall–Kier alpha value is -8.41. The van der Waals surface area contributed by atoms with Crippen molar-refractivity contribution in [1.82, 2.24) is 19.5 Å². The van der Waals surface area contributed by atoms with E-state index in [2.05, 4.69) is 150 Å². The van der Waals surface area contributed by atoms with Crippen molar-refractivity contribution in [3.8, 4) is 73.2 Å². The molecule has 0 bridgehead atoms. The molecule has 5 heteroatoms. The molecular formula is C57H36N4O. The molecule has 0 N–H and O–H groups in total. The highest BCUT2D eigenvalue weighted by Gasteiger charge is 2.20. The summed E-state index contributed by atoms with van der Waals surface area (Å²) < 4.78 is 8.90. The third-order valence-electron chi connectivity index (χ3n) is 11.9. The molecule has 12 aromatic rings. The van der Waals surface area contributed by atoms with Gasteiger partial charge in [-0.1, -0.05) is 164 Å². The second-order valence-corrected chi connectivity index (χ2v) is 15.6. The summed E-state index contributed by atoms with van der Waals surface area (Å²) in [6.45, 7) is 0. The minimum absolute atomic E-state index is 0.595. The molecule has 5 nitrogen and oxygen atoms in total. The van der Waals surface area contributed by atoms with Gasteiger partial charge in [-0.25, -0.2) is 15.0 Å². The number of benzene rings is 9. The summed E-state index contributed by atoms with van der Waals surface area (Å²) in [5.74, 6) is 1.84. The summed E-state index contributed by atoms with van der Waals surface area (Å²) in [7, 11) is 0. The zero-order valence-corrected chi connectivity index (χ0v) is 33.5. The van der Waals surface area contributed by atoms with Crippen molar-refractivity contribution in [2.75, 3.05) is 0 Å². The van der Waals surface area contributed by atoms with Gasteiger partial charge >= 0.3 is 0 Å². The van der Waals surface area contributed by atoms with E-state index in [1.165, 1.54) is 33.0 Å². The molecule has 0 amide bonds. The standard InChI is InChI=1S/C57H36N4O/c1-5-14-37(15-6-1)38-24-26-39(27-25-38)42-28-31-50-47(34-42)48-35-43(29-32-51(48)61(50)45-20-11-4-12-21-45)44-30-33-52-49(36-44)54-46(22-13-23-53(54)62-52)57-59-55(40-16-7-2-8-17-40)58-56(60-57)41-18-9-3-10-19-41/h1-36H. The van der Waals surface area contributed by atoms with E-state index in [1.54, 1.807) is 0 Å². The lowest BCUT2D eigenvalue weighted by Gasteiger charge is -2.09. The van der Waals surface area contributed by atoms with Crippen LogP contribution in [0.2, 0.25) is 0 Å².